The topological polar surface area (TPSA) is 21.3 Å². The second-order valence-corrected chi connectivity index (χ2v) is 4.41. The van der Waals surface area contributed by atoms with Gasteiger partial charge in [0.1, 0.15) is 0 Å². The molecule has 1 aromatic carbocycles. The quantitative estimate of drug-likeness (QED) is 0.874. The highest BCUT2D eigenvalue weighted by molar-refractivity contribution is 5.13. The van der Waals surface area contributed by atoms with Gasteiger partial charge in [0.2, 0.25) is 0 Å². The Hall–Kier alpha value is -1.00. The monoisotopic (exact) mass is 241 g/mol. The largest absolute Gasteiger partial charge is 0.376 e. The summed E-state index contributed by atoms with van der Waals surface area (Å²) in [4.78, 5) is 0. The van der Waals surface area contributed by atoms with Crippen molar-refractivity contribution in [2.75, 3.05) is 19.7 Å². The molecule has 0 amide bonds. The summed E-state index contributed by atoms with van der Waals surface area (Å²) in [5.74, 6) is -3.30. The summed E-state index contributed by atoms with van der Waals surface area (Å²) in [6.45, 7) is 1.23. The lowest BCUT2D eigenvalue weighted by molar-refractivity contribution is -0.106. The summed E-state index contributed by atoms with van der Waals surface area (Å²) in [5, 5.41) is 2.98. The van der Waals surface area contributed by atoms with Crippen LogP contribution in [0.5, 0.6) is 0 Å². The van der Waals surface area contributed by atoms with Gasteiger partial charge in [0.05, 0.1) is 19.1 Å². The first-order valence-corrected chi connectivity index (χ1v) is 5.89. The van der Waals surface area contributed by atoms with Crippen molar-refractivity contribution in [1.82, 2.24) is 5.32 Å². The molecule has 1 aliphatic heterocycles. The molecule has 0 bridgehead atoms. The molecular weight excluding hydrogens is 224 g/mol. The molecule has 1 heterocycles. The van der Waals surface area contributed by atoms with Crippen molar-refractivity contribution < 1.29 is 13.5 Å². The summed E-state index contributed by atoms with van der Waals surface area (Å²) in [5.41, 5.74) is 1.01. The Morgan fingerprint density at radius 2 is 2.06 bits per heavy atom. The van der Waals surface area contributed by atoms with E-state index >= 15 is 0 Å². The van der Waals surface area contributed by atoms with Gasteiger partial charge >= 0.3 is 0 Å². The van der Waals surface area contributed by atoms with Crippen molar-refractivity contribution in [3.63, 3.8) is 0 Å². The normalized spacial score (nSPS) is 23.5. The lowest BCUT2D eigenvalue weighted by Crippen LogP contribution is -2.46. The average Bonchev–Trinajstić information content (AvgIpc) is 2.32. The van der Waals surface area contributed by atoms with Crippen LogP contribution in [0.15, 0.2) is 30.3 Å². The van der Waals surface area contributed by atoms with E-state index < -0.39 is 11.8 Å². The Kier molecular flexibility index (Phi) is 4.07. The SMILES string of the molecule is FC1(F)CCNCC1COCc1ccccc1. The third-order valence-electron chi connectivity index (χ3n) is 3.05. The van der Waals surface area contributed by atoms with Crippen molar-refractivity contribution in [2.45, 2.75) is 19.0 Å². The zero-order chi connectivity index (χ0) is 12.1. The molecular formula is C13H17F2NO. The van der Waals surface area contributed by atoms with E-state index in [2.05, 4.69) is 5.32 Å². The standard InChI is InChI=1S/C13H17F2NO/c14-13(15)6-7-16-8-12(13)10-17-9-11-4-2-1-3-5-11/h1-5,12,16H,6-10H2. The first kappa shape index (κ1) is 12.5. The summed E-state index contributed by atoms with van der Waals surface area (Å²) in [6.07, 6.45) is -0.0909. The van der Waals surface area contributed by atoms with E-state index in [0.717, 1.165) is 5.56 Å². The number of alkyl halides is 2. The number of piperidine rings is 1. The third kappa shape index (κ3) is 3.48. The van der Waals surface area contributed by atoms with Gasteiger partial charge < -0.3 is 10.1 Å². The van der Waals surface area contributed by atoms with E-state index in [1.165, 1.54) is 0 Å². The van der Waals surface area contributed by atoms with E-state index in [9.17, 15) is 8.78 Å². The van der Waals surface area contributed by atoms with Gasteiger partial charge in [-0.15, -0.1) is 0 Å². The number of rotatable bonds is 4. The van der Waals surface area contributed by atoms with E-state index in [0.29, 0.717) is 19.7 Å². The minimum Gasteiger partial charge on any atom is -0.376 e. The minimum atomic E-state index is -2.60. The van der Waals surface area contributed by atoms with Crippen molar-refractivity contribution in [1.29, 1.82) is 0 Å². The van der Waals surface area contributed by atoms with Crippen molar-refractivity contribution in [3.8, 4) is 0 Å². The summed E-state index contributed by atoms with van der Waals surface area (Å²) in [7, 11) is 0. The van der Waals surface area contributed by atoms with Gasteiger partial charge in [0.25, 0.3) is 5.92 Å². The molecule has 0 aromatic heterocycles. The molecule has 1 aliphatic rings. The van der Waals surface area contributed by atoms with Crippen LogP contribution >= 0.6 is 0 Å². The Morgan fingerprint density at radius 1 is 1.29 bits per heavy atom. The predicted molar refractivity (Wildman–Crippen MR) is 62.0 cm³/mol. The molecule has 2 rings (SSSR count). The molecule has 1 unspecified atom stereocenters. The van der Waals surface area contributed by atoms with Crippen LogP contribution in [0.25, 0.3) is 0 Å². The van der Waals surface area contributed by atoms with Crippen LogP contribution in [-0.2, 0) is 11.3 Å². The fourth-order valence-corrected chi connectivity index (χ4v) is 1.96. The number of halogens is 2. The van der Waals surface area contributed by atoms with Crippen molar-refractivity contribution in [3.05, 3.63) is 35.9 Å². The first-order chi connectivity index (χ1) is 8.18. The first-order valence-electron chi connectivity index (χ1n) is 5.89. The molecule has 0 radical (unpaired) electrons. The van der Waals surface area contributed by atoms with Crippen LogP contribution in [0.2, 0.25) is 0 Å². The van der Waals surface area contributed by atoms with Gasteiger partial charge in [-0.3, -0.25) is 0 Å². The van der Waals surface area contributed by atoms with Crippen molar-refractivity contribution in [2.24, 2.45) is 5.92 Å². The molecule has 0 aliphatic carbocycles. The number of ether oxygens (including phenoxy) is 1. The maximum absolute atomic E-state index is 13.5. The van der Waals surface area contributed by atoms with Crippen LogP contribution in [0.4, 0.5) is 8.78 Å². The van der Waals surface area contributed by atoms with Crippen LogP contribution < -0.4 is 5.32 Å². The summed E-state index contributed by atoms with van der Waals surface area (Å²) in [6, 6.07) is 9.60. The molecule has 1 atom stereocenters. The zero-order valence-corrected chi connectivity index (χ0v) is 9.66. The predicted octanol–water partition coefficient (Wildman–Crippen LogP) is 2.45. The van der Waals surface area contributed by atoms with Crippen molar-refractivity contribution >= 4 is 0 Å². The van der Waals surface area contributed by atoms with Gasteiger partial charge in [0, 0.05) is 19.5 Å². The highest BCUT2D eigenvalue weighted by Gasteiger charge is 2.41. The zero-order valence-electron chi connectivity index (χ0n) is 9.66. The molecule has 0 saturated carbocycles. The number of nitrogens with one attached hydrogen (secondary N) is 1. The lowest BCUT2D eigenvalue weighted by atomic mass is 9.96. The summed E-state index contributed by atoms with van der Waals surface area (Å²) < 4.78 is 32.3. The number of hydrogen-bond acceptors (Lipinski definition) is 2. The fraction of sp³-hybridized carbons (Fsp3) is 0.538. The molecule has 1 aromatic rings. The smallest absolute Gasteiger partial charge is 0.255 e. The molecule has 4 heteroatoms. The van der Waals surface area contributed by atoms with E-state index in [4.69, 9.17) is 4.74 Å². The van der Waals surface area contributed by atoms with Gasteiger partial charge in [-0.05, 0) is 5.56 Å². The Balaban J connectivity index is 1.78. The molecule has 94 valence electrons. The maximum Gasteiger partial charge on any atom is 0.255 e. The molecule has 2 nitrogen and oxygen atoms in total. The van der Waals surface area contributed by atoms with Crippen LogP contribution in [0.3, 0.4) is 0 Å². The van der Waals surface area contributed by atoms with Gasteiger partial charge in [-0.25, -0.2) is 8.78 Å². The minimum absolute atomic E-state index is 0.0909. The van der Waals surface area contributed by atoms with Gasteiger partial charge in [-0.2, -0.15) is 0 Å². The third-order valence-corrected chi connectivity index (χ3v) is 3.05. The second-order valence-electron chi connectivity index (χ2n) is 4.41. The molecule has 0 spiro atoms. The molecule has 1 N–H and O–H groups in total. The Labute approximate surface area is 100.0 Å². The molecule has 1 fully saturated rings. The second kappa shape index (κ2) is 5.56. The number of hydrogen-bond donors (Lipinski definition) is 1. The van der Waals surface area contributed by atoms with Gasteiger partial charge in [0.15, 0.2) is 0 Å². The van der Waals surface area contributed by atoms with E-state index in [1.807, 2.05) is 30.3 Å². The molecule has 17 heavy (non-hydrogen) atoms. The van der Waals surface area contributed by atoms with Gasteiger partial charge in [-0.1, -0.05) is 30.3 Å². The van der Waals surface area contributed by atoms with E-state index in [-0.39, 0.29) is 13.0 Å². The van der Waals surface area contributed by atoms with Crippen LogP contribution in [0, 0.1) is 5.92 Å². The molecule has 1 saturated heterocycles. The lowest BCUT2D eigenvalue weighted by Gasteiger charge is -2.31. The average molecular weight is 241 g/mol. The van der Waals surface area contributed by atoms with Crippen LogP contribution in [-0.4, -0.2) is 25.6 Å². The summed E-state index contributed by atoms with van der Waals surface area (Å²) >= 11 is 0. The maximum atomic E-state index is 13.5. The number of benzene rings is 1. The Bertz CT molecular complexity index is 343. The van der Waals surface area contributed by atoms with Crippen LogP contribution in [0.1, 0.15) is 12.0 Å². The fourth-order valence-electron chi connectivity index (χ4n) is 1.96. The Morgan fingerprint density at radius 3 is 2.76 bits per heavy atom. The highest BCUT2D eigenvalue weighted by Crippen LogP contribution is 2.30. The van der Waals surface area contributed by atoms with E-state index in [1.54, 1.807) is 0 Å². The highest BCUT2D eigenvalue weighted by atomic mass is 19.3.